The van der Waals surface area contributed by atoms with Crippen LogP contribution in [0.25, 0.3) is 27.7 Å². The number of allylic oxidation sites excluding steroid dienone is 3. The molecule has 1 aliphatic heterocycles. The number of ketones is 1. The topological polar surface area (TPSA) is 48.1 Å². The maximum absolute atomic E-state index is 13.9. The highest BCUT2D eigenvalue weighted by Crippen LogP contribution is 2.46. The van der Waals surface area contributed by atoms with E-state index in [-0.39, 0.29) is 22.5 Å². The summed E-state index contributed by atoms with van der Waals surface area (Å²) in [4.78, 5) is 13.9. The molecular formula is C35H34N2O2. The minimum atomic E-state index is -0.309. The van der Waals surface area contributed by atoms with E-state index in [9.17, 15) is 9.90 Å². The average Bonchev–Trinajstić information content (AvgIpc) is 3.35. The maximum atomic E-state index is 13.9. The van der Waals surface area contributed by atoms with Gasteiger partial charge in [0.25, 0.3) is 0 Å². The number of rotatable bonds is 6. The number of Topliss-reactive ketones (excluding diaryl/α,β-unsaturated/α-hetero) is 1. The molecule has 1 aromatic heterocycles. The first-order valence-electron chi connectivity index (χ1n) is 13.8. The zero-order chi connectivity index (χ0) is 27.5. The van der Waals surface area contributed by atoms with Gasteiger partial charge in [0.1, 0.15) is 7.05 Å². The van der Waals surface area contributed by atoms with E-state index in [4.69, 9.17) is 0 Å². The van der Waals surface area contributed by atoms with Crippen LogP contribution in [0.5, 0.6) is 0 Å². The lowest BCUT2D eigenvalue weighted by molar-refractivity contribution is -0.401. The van der Waals surface area contributed by atoms with Crippen molar-refractivity contribution in [2.75, 3.05) is 7.05 Å². The predicted molar refractivity (Wildman–Crippen MR) is 157 cm³/mol. The van der Waals surface area contributed by atoms with Crippen molar-refractivity contribution in [1.82, 2.24) is 4.57 Å². The summed E-state index contributed by atoms with van der Waals surface area (Å²) in [7, 11) is 2.01. The molecule has 0 fully saturated rings. The van der Waals surface area contributed by atoms with Gasteiger partial charge in [0.05, 0.1) is 11.1 Å². The van der Waals surface area contributed by atoms with Crippen LogP contribution in [0.1, 0.15) is 45.2 Å². The van der Waals surface area contributed by atoms with Crippen LogP contribution < -0.4 is 5.11 Å². The molecular weight excluding hydrogens is 480 g/mol. The summed E-state index contributed by atoms with van der Waals surface area (Å²) in [5.74, 6) is 0.188. The van der Waals surface area contributed by atoms with Crippen LogP contribution >= 0.6 is 0 Å². The summed E-state index contributed by atoms with van der Waals surface area (Å²) < 4.78 is 4.41. The second-order valence-corrected chi connectivity index (χ2v) is 11.6. The quantitative estimate of drug-likeness (QED) is 0.214. The molecule has 0 saturated heterocycles. The molecule has 0 atom stereocenters. The Hall–Kier alpha value is -4.18. The monoisotopic (exact) mass is 514 g/mol. The van der Waals surface area contributed by atoms with E-state index in [1.54, 1.807) is 0 Å². The van der Waals surface area contributed by atoms with Gasteiger partial charge < -0.3 is 9.67 Å². The highest BCUT2D eigenvalue weighted by molar-refractivity contribution is 6.42. The minimum Gasteiger partial charge on any atom is -0.871 e. The SMILES string of the molecule is CC(C)CCn1c(-c2ccccc2)c(C2=C([O-])/C(=C\C3=[N+](C)c4ccccc4C3(C)C)C2=O)c2ccccc21. The third kappa shape index (κ3) is 3.81. The molecule has 0 amide bonds. The van der Waals surface area contributed by atoms with Crippen molar-refractivity contribution < 1.29 is 14.5 Å². The Morgan fingerprint density at radius 1 is 0.949 bits per heavy atom. The molecule has 0 radical (unpaired) electrons. The Morgan fingerprint density at radius 3 is 2.31 bits per heavy atom. The van der Waals surface area contributed by atoms with Crippen LogP contribution in [-0.4, -0.2) is 27.7 Å². The largest absolute Gasteiger partial charge is 0.871 e. The van der Waals surface area contributed by atoms with Gasteiger partial charge in [-0.25, -0.2) is 0 Å². The summed E-state index contributed by atoms with van der Waals surface area (Å²) in [5.41, 5.74) is 7.31. The van der Waals surface area contributed by atoms with E-state index in [1.165, 1.54) is 5.56 Å². The van der Waals surface area contributed by atoms with Crippen molar-refractivity contribution in [3.05, 3.63) is 107 Å². The Bertz CT molecular complexity index is 1730. The van der Waals surface area contributed by atoms with Gasteiger partial charge in [0, 0.05) is 51.9 Å². The second kappa shape index (κ2) is 9.23. The summed E-state index contributed by atoms with van der Waals surface area (Å²) in [5, 5.41) is 14.8. The summed E-state index contributed by atoms with van der Waals surface area (Å²) in [6, 6.07) is 26.6. The number of carbonyl (C=O) groups excluding carboxylic acids is 1. The van der Waals surface area contributed by atoms with E-state index in [2.05, 4.69) is 67.2 Å². The zero-order valence-corrected chi connectivity index (χ0v) is 23.3. The van der Waals surface area contributed by atoms with Gasteiger partial charge in [-0.2, -0.15) is 4.58 Å². The van der Waals surface area contributed by atoms with Gasteiger partial charge in [0.15, 0.2) is 11.5 Å². The molecule has 4 nitrogen and oxygen atoms in total. The van der Waals surface area contributed by atoms with Crippen molar-refractivity contribution >= 4 is 33.7 Å². The van der Waals surface area contributed by atoms with Gasteiger partial charge in [-0.1, -0.05) is 86.3 Å². The Labute approximate surface area is 230 Å². The lowest BCUT2D eigenvalue weighted by Gasteiger charge is -2.31. The van der Waals surface area contributed by atoms with Crippen LogP contribution in [0.15, 0.2) is 96.3 Å². The minimum absolute atomic E-state index is 0.170. The molecule has 0 bridgehead atoms. The molecule has 39 heavy (non-hydrogen) atoms. The first-order valence-corrected chi connectivity index (χ1v) is 13.8. The number of benzene rings is 3. The van der Waals surface area contributed by atoms with Gasteiger partial charge >= 0.3 is 0 Å². The average molecular weight is 515 g/mol. The Morgan fingerprint density at radius 2 is 1.62 bits per heavy atom. The summed E-state index contributed by atoms with van der Waals surface area (Å²) >= 11 is 0. The van der Waals surface area contributed by atoms with Crippen molar-refractivity contribution in [2.45, 2.75) is 46.1 Å². The van der Waals surface area contributed by atoms with Crippen molar-refractivity contribution in [3.8, 4) is 11.3 Å². The predicted octanol–water partition coefficient (Wildman–Crippen LogP) is 6.64. The maximum Gasteiger partial charge on any atom is 0.209 e. The van der Waals surface area contributed by atoms with E-state index in [1.807, 2.05) is 61.7 Å². The zero-order valence-electron chi connectivity index (χ0n) is 23.3. The first-order chi connectivity index (χ1) is 18.7. The number of fused-ring (bicyclic) bond motifs is 2. The van der Waals surface area contributed by atoms with E-state index >= 15 is 0 Å². The number of nitrogens with zero attached hydrogens (tertiary/aromatic N) is 2. The third-order valence-corrected chi connectivity index (χ3v) is 8.36. The number of hydrogen-bond acceptors (Lipinski definition) is 2. The molecule has 4 aromatic rings. The normalized spacial score (nSPS) is 17.5. The molecule has 4 heteroatoms. The molecule has 196 valence electrons. The van der Waals surface area contributed by atoms with Crippen LogP contribution in [0.2, 0.25) is 0 Å². The highest BCUT2D eigenvalue weighted by atomic mass is 16.3. The molecule has 3 aromatic carbocycles. The Kier molecular flexibility index (Phi) is 5.95. The number of hydrogen-bond donors (Lipinski definition) is 0. The number of para-hydroxylation sites is 2. The molecule has 0 N–H and O–H groups in total. The van der Waals surface area contributed by atoms with Crippen molar-refractivity contribution in [2.24, 2.45) is 5.92 Å². The number of aryl methyl sites for hydroxylation is 1. The fourth-order valence-electron chi connectivity index (χ4n) is 6.24. The molecule has 2 aliphatic rings. The number of aromatic nitrogens is 1. The molecule has 1 aliphatic carbocycles. The second-order valence-electron chi connectivity index (χ2n) is 11.6. The highest BCUT2D eigenvalue weighted by Gasteiger charge is 2.44. The van der Waals surface area contributed by atoms with Gasteiger partial charge in [-0.15, -0.1) is 0 Å². The molecule has 0 saturated carbocycles. The van der Waals surface area contributed by atoms with Gasteiger partial charge in [-0.05, 0) is 37.8 Å². The molecule has 2 heterocycles. The lowest BCUT2D eigenvalue weighted by Crippen LogP contribution is -2.33. The lowest BCUT2D eigenvalue weighted by atomic mass is 9.77. The third-order valence-electron chi connectivity index (χ3n) is 8.36. The van der Waals surface area contributed by atoms with Crippen LogP contribution in [0, 0.1) is 5.92 Å². The van der Waals surface area contributed by atoms with E-state index in [0.29, 0.717) is 11.5 Å². The standard InChI is InChI=1S/C35H34N2O2/c1-22(2)19-20-37-27-17-11-9-15-24(27)30(32(37)23-13-7-6-8-14-23)31-33(38)25(34(31)39)21-29-35(3,4)26-16-10-12-18-28(26)36(29)5/h6-18,21-22H,19-20H2,1-5H3. The first kappa shape index (κ1) is 25.1. The van der Waals surface area contributed by atoms with Crippen LogP contribution in [0.4, 0.5) is 5.69 Å². The van der Waals surface area contributed by atoms with Gasteiger partial charge in [0.2, 0.25) is 5.69 Å². The molecule has 0 spiro atoms. The molecule has 6 rings (SSSR count). The summed E-state index contributed by atoms with van der Waals surface area (Å²) in [6.45, 7) is 9.55. The number of carbonyl (C=O) groups is 1. The van der Waals surface area contributed by atoms with E-state index in [0.717, 1.165) is 52.1 Å². The fraction of sp³-hybridized carbons (Fsp3) is 0.257. The van der Waals surface area contributed by atoms with Crippen molar-refractivity contribution in [1.29, 1.82) is 0 Å². The van der Waals surface area contributed by atoms with Gasteiger partial charge in [-0.3, -0.25) is 4.79 Å². The fourth-order valence-corrected chi connectivity index (χ4v) is 6.24. The molecule has 0 unspecified atom stereocenters. The van der Waals surface area contributed by atoms with E-state index < -0.39 is 0 Å². The van der Waals surface area contributed by atoms with Crippen molar-refractivity contribution in [3.63, 3.8) is 0 Å². The van der Waals surface area contributed by atoms with Crippen LogP contribution in [0.3, 0.4) is 0 Å². The summed E-state index contributed by atoms with van der Waals surface area (Å²) in [6.07, 6.45) is 2.83. The van der Waals surface area contributed by atoms with Crippen LogP contribution in [-0.2, 0) is 16.8 Å². The smallest absolute Gasteiger partial charge is 0.209 e. The Balaban J connectivity index is 1.55.